The predicted molar refractivity (Wildman–Crippen MR) is 142 cm³/mol. The van der Waals surface area contributed by atoms with Crippen LogP contribution in [0.15, 0.2) is 95.7 Å². The first-order valence-electron chi connectivity index (χ1n) is 11.7. The Balaban J connectivity index is 1.36. The molecule has 2 amide bonds. The molecule has 0 atom stereocenters. The summed E-state index contributed by atoms with van der Waals surface area (Å²) in [5.41, 5.74) is 8.07. The van der Waals surface area contributed by atoms with E-state index < -0.39 is 11.8 Å². The third-order valence-electron chi connectivity index (χ3n) is 5.75. The smallest absolute Gasteiger partial charge is 0.266 e. The maximum absolute atomic E-state index is 12.7. The summed E-state index contributed by atoms with van der Waals surface area (Å²) in [5, 5.41) is 9.62. The fourth-order valence-corrected chi connectivity index (χ4v) is 3.66. The Hall–Kier alpha value is -5.38. The number of fused-ring (bicyclic) bond motifs is 3. The van der Waals surface area contributed by atoms with Crippen molar-refractivity contribution in [3.8, 4) is 0 Å². The van der Waals surface area contributed by atoms with Crippen LogP contribution in [0.3, 0.4) is 0 Å². The van der Waals surface area contributed by atoms with E-state index in [1.165, 1.54) is 0 Å². The van der Waals surface area contributed by atoms with Gasteiger partial charge in [-0.25, -0.2) is 30.0 Å². The van der Waals surface area contributed by atoms with Crippen molar-refractivity contribution in [3.05, 3.63) is 108 Å². The Bertz CT molecular complexity index is 1580. The van der Waals surface area contributed by atoms with Crippen LogP contribution in [0, 0.1) is 0 Å². The molecule has 0 saturated heterocycles. The van der Waals surface area contributed by atoms with E-state index in [0.29, 0.717) is 11.0 Å². The number of carbonyl (C=O) groups excluding carboxylic acids is 2. The molecule has 0 radical (unpaired) electrons. The van der Waals surface area contributed by atoms with Crippen molar-refractivity contribution in [2.75, 3.05) is 0 Å². The predicted octanol–water partition coefficient (Wildman–Crippen LogP) is 1.96. The van der Waals surface area contributed by atoms with Crippen LogP contribution in [0.2, 0.25) is 0 Å². The number of nitrogens with zero attached hydrogens (tertiary/aromatic N) is 6. The Morgan fingerprint density at radius 1 is 0.632 bits per heavy atom. The van der Waals surface area contributed by atoms with Gasteiger partial charge in [0.15, 0.2) is 24.8 Å². The monoisotopic (exact) mass is 504 g/mol. The molecule has 5 aromatic rings. The van der Waals surface area contributed by atoms with Gasteiger partial charge in [0.2, 0.25) is 0 Å². The van der Waals surface area contributed by atoms with Gasteiger partial charge in [-0.1, -0.05) is 24.3 Å². The molecule has 10 nitrogen and oxygen atoms in total. The number of hydrazone groups is 2. The van der Waals surface area contributed by atoms with E-state index in [1.54, 1.807) is 36.7 Å². The molecule has 4 heterocycles. The number of aromatic nitrogens is 4. The van der Waals surface area contributed by atoms with Gasteiger partial charge in [-0.3, -0.25) is 9.59 Å². The number of nitrogens with one attached hydrogen (secondary N) is 2. The molecule has 1 aromatic carbocycles. The number of carbonyl (C=O) groups is 2. The second kappa shape index (κ2) is 10.7. The molecular weight excluding hydrogens is 480 g/mol. The van der Waals surface area contributed by atoms with Gasteiger partial charge in [-0.15, -0.1) is 0 Å². The average Bonchev–Trinajstić information content (AvgIpc) is 2.94. The van der Waals surface area contributed by atoms with E-state index >= 15 is 0 Å². The standard InChI is InChI=1S/C28H22N8O2/c1-35-13-9-19(10-14-35)17-29-33-27(37)23-7-5-21-3-4-22-6-8-24(32-26(22)25(21)31-23)28(38)34-30-18-20-11-15-36(2)16-12-20/h3-18H,1-2H3/p+2. The molecule has 0 aliphatic rings. The molecule has 5 rings (SSSR count). The van der Waals surface area contributed by atoms with E-state index in [-0.39, 0.29) is 11.4 Å². The summed E-state index contributed by atoms with van der Waals surface area (Å²) in [7, 11) is 3.84. The summed E-state index contributed by atoms with van der Waals surface area (Å²) < 4.78 is 3.81. The van der Waals surface area contributed by atoms with Crippen molar-refractivity contribution in [2.24, 2.45) is 24.3 Å². The van der Waals surface area contributed by atoms with Crippen LogP contribution in [-0.2, 0) is 14.1 Å². The number of pyridine rings is 4. The highest BCUT2D eigenvalue weighted by Crippen LogP contribution is 2.23. The van der Waals surface area contributed by atoms with Crippen molar-refractivity contribution >= 4 is 46.0 Å². The second-order valence-corrected chi connectivity index (χ2v) is 8.59. The highest BCUT2D eigenvalue weighted by molar-refractivity contribution is 6.06. The van der Waals surface area contributed by atoms with Gasteiger partial charge in [-0.05, 0) is 12.1 Å². The SMILES string of the molecule is C[n+]1ccc(C=NNC(=O)c2ccc3ccc4ccc(C(=O)NN=Cc5cc[n+](C)cc5)nc4c3n2)cc1. The molecular formula is C28H24N8O2+2. The number of hydrogen-bond acceptors (Lipinski definition) is 6. The Morgan fingerprint density at radius 2 is 1.00 bits per heavy atom. The molecule has 0 aliphatic heterocycles. The van der Waals surface area contributed by atoms with Gasteiger partial charge in [0.05, 0.1) is 23.5 Å². The fourth-order valence-electron chi connectivity index (χ4n) is 3.66. The quantitative estimate of drug-likeness (QED) is 0.159. The first-order chi connectivity index (χ1) is 18.5. The Kier molecular flexibility index (Phi) is 6.85. The second-order valence-electron chi connectivity index (χ2n) is 8.59. The molecule has 38 heavy (non-hydrogen) atoms. The summed E-state index contributed by atoms with van der Waals surface area (Å²) in [4.78, 5) is 34.5. The molecule has 4 aromatic heterocycles. The van der Waals surface area contributed by atoms with Gasteiger partial charge >= 0.3 is 0 Å². The molecule has 0 saturated carbocycles. The van der Waals surface area contributed by atoms with E-state index in [0.717, 1.165) is 21.9 Å². The van der Waals surface area contributed by atoms with Crippen LogP contribution in [0.5, 0.6) is 0 Å². The molecule has 0 bridgehead atoms. The minimum Gasteiger partial charge on any atom is -0.266 e. The van der Waals surface area contributed by atoms with Gasteiger partial charge in [0, 0.05) is 46.2 Å². The topological polar surface area (TPSA) is 116 Å². The van der Waals surface area contributed by atoms with Crippen LogP contribution in [0.1, 0.15) is 32.1 Å². The number of benzene rings is 1. The zero-order chi connectivity index (χ0) is 26.5. The lowest BCUT2D eigenvalue weighted by Crippen LogP contribution is -2.26. The number of amides is 2. The summed E-state index contributed by atoms with van der Waals surface area (Å²) >= 11 is 0. The molecule has 0 fully saturated rings. The largest absolute Gasteiger partial charge is 0.289 e. The van der Waals surface area contributed by atoms with E-state index in [2.05, 4.69) is 31.0 Å². The summed E-state index contributed by atoms with van der Waals surface area (Å²) in [6.45, 7) is 0. The normalized spacial score (nSPS) is 11.4. The number of rotatable bonds is 6. The maximum Gasteiger partial charge on any atom is 0.289 e. The summed E-state index contributed by atoms with van der Waals surface area (Å²) in [6, 6.07) is 18.1. The highest BCUT2D eigenvalue weighted by atomic mass is 16.2. The van der Waals surface area contributed by atoms with Gasteiger partial charge < -0.3 is 0 Å². The average molecular weight is 505 g/mol. The molecule has 0 aliphatic carbocycles. The van der Waals surface area contributed by atoms with E-state index in [9.17, 15) is 9.59 Å². The summed E-state index contributed by atoms with van der Waals surface area (Å²) in [5.74, 6) is -0.918. The van der Waals surface area contributed by atoms with Crippen LogP contribution < -0.4 is 20.0 Å². The third kappa shape index (κ3) is 5.54. The van der Waals surface area contributed by atoms with Crippen molar-refractivity contribution in [3.63, 3.8) is 0 Å². The van der Waals surface area contributed by atoms with Gasteiger partial charge in [0.25, 0.3) is 11.8 Å². The van der Waals surface area contributed by atoms with Gasteiger partial charge in [0.1, 0.15) is 25.5 Å². The zero-order valence-electron chi connectivity index (χ0n) is 20.7. The Morgan fingerprint density at radius 3 is 1.39 bits per heavy atom. The van der Waals surface area contributed by atoms with Crippen LogP contribution in [-0.4, -0.2) is 34.2 Å². The third-order valence-corrected chi connectivity index (χ3v) is 5.75. The molecule has 2 N–H and O–H groups in total. The Labute approximate surface area is 218 Å². The van der Waals surface area contributed by atoms with Crippen molar-refractivity contribution < 1.29 is 18.7 Å². The molecule has 10 heteroatoms. The maximum atomic E-state index is 12.7. The minimum atomic E-state index is -0.459. The van der Waals surface area contributed by atoms with Crippen LogP contribution in [0.25, 0.3) is 21.8 Å². The zero-order valence-corrected chi connectivity index (χ0v) is 20.7. The molecule has 186 valence electrons. The first-order valence-corrected chi connectivity index (χ1v) is 11.7. The van der Waals surface area contributed by atoms with Crippen molar-refractivity contribution in [1.29, 1.82) is 0 Å². The number of hydrogen-bond donors (Lipinski definition) is 2. The van der Waals surface area contributed by atoms with E-state index in [1.807, 2.05) is 84.4 Å². The van der Waals surface area contributed by atoms with E-state index in [4.69, 9.17) is 0 Å². The van der Waals surface area contributed by atoms with Crippen molar-refractivity contribution in [2.45, 2.75) is 0 Å². The summed E-state index contributed by atoms with van der Waals surface area (Å²) in [6.07, 6.45) is 10.7. The van der Waals surface area contributed by atoms with Crippen LogP contribution in [0.4, 0.5) is 0 Å². The lowest BCUT2D eigenvalue weighted by atomic mass is 10.1. The highest BCUT2D eigenvalue weighted by Gasteiger charge is 2.13. The molecule has 0 spiro atoms. The minimum absolute atomic E-state index is 0.180. The first kappa shape index (κ1) is 24.3. The van der Waals surface area contributed by atoms with Gasteiger partial charge in [-0.2, -0.15) is 10.2 Å². The van der Waals surface area contributed by atoms with Crippen molar-refractivity contribution in [1.82, 2.24) is 20.8 Å². The lowest BCUT2D eigenvalue weighted by molar-refractivity contribution is -0.671. The number of aryl methyl sites for hydroxylation is 2. The fraction of sp³-hybridized carbons (Fsp3) is 0.0714. The molecule has 0 unspecified atom stereocenters. The van der Waals surface area contributed by atoms with Crippen LogP contribution >= 0.6 is 0 Å². The lowest BCUT2D eigenvalue weighted by Gasteiger charge is -2.07.